The highest BCUT2D eigenvalue weighted by Crippen LogP contribution is 2.22. The first-order chi connectivity index (χ1) is 12.3. The van der Waals surface area contributed by atoms with Gasteiger partial charge in [0, 0.05) is 20.0 Å². The minimum atomic E-state index is -0.581. The zero-order valence-corrected chi connectivity index (χ0v) is 15.3. The van der Waals surface area contributed by atoms with Crippen LogP contribution in [-0.2, 0) is 19.1 Å². The predicted molar refractivity (Wildman–Crippen MR) is 94.8 cm³/mol. The minimum Gasteiger partial charge on any atom is -0.456 e. The van der Waals surface area contributed by atoms with Crippen molar-refractivity contribution in [2.45, 2.75) is 19.8 Å². The number of aryl methyl sites for hydroxylation is 1. The molecule has 0 saturated carbocycles. The first kappa shape index (κ1) is 19.7. The summed E-state index contributed by atoms with van der Waals surface area (Å²) in [6.07, 6.45) is 0.273. The zero-order chi connectivity index (χ0) is 19.3. The number of ether oxygens (including phenoxy) is 1. The number of carbonyl (C=O) groups is 4. The van der Waals surface area contributed by atoms with Crippen LogP contribution in [-0.4, -0.2) is 60.4 Å². The fourth-order valence-corrected chi connectivity index (χ4v) is 2.68. The van der Waals surface area contributed by atoms with Crippen LogP contribution in [0.3, 0.4) is 0 Å². The van der Waals surface area contributed by atoms with Gasteiger partial charge in [-0.3, -0.25) is 19.3 Å². The van der Waals surface area contributed by atoms with Crippen molar-refractivity contribution in [2.75, 3.05) is 32.1 Å². The van der Waals surface area contributed by atoms with Crippen molar-refractivity contribution >= 4 is 41.1 Å². The number of hydrogen-bond donors (Lipinski definition) is 1. The van der Waals surface area contributed by atoms with E-state index in [-0.39, 0.29) is 37.9 Å². The van der Waals surface area contributed by atoms with Crippen LogP contribution in [0.4, 0.5) is 10.5 Å². The van der Waals surface area contributed by atoms with Crippen molar-refractivity contribution < 1.29 is 23.9 Å². The van der Waals surface area contributed by atoms with Crippen molar-refractivity contribution in [3.05, 3.63) is 28.8 Å². The van der Waals surface area contributed by atoms with E-state index < -0.39 is 18.5 Å². The van der Waals surface area contributed by atoms with Crippen molar-refractivity contribution in [3.63, 3.8) is 0 Å². The number of esters is 1. The molecule has 0 spiro atoms. The highest BCUT2D eigenvalue weighted by Gasteiger charge is 2.32. The smallest absolute Gasteiger partial charge is 0.326 e. The predicted octanol–water partition coefficient (Wildman–Crippen LogP) is 1.80. The van der Waals surface area contributed by atoms with Crippen LogP contribution in [0.2, 0.25) is 5.02 Å². The molecule has 4 amide bonds. The fourth-order valence-electron chi connectivity index (χ4n) is 2.40. The Morgan fingerprint density at radius 1 is 1.31 bits per heavy atom. The average Bonchev–Trinajstić information content (AvgIpc) is 2.81. The molecule has 2 rings (SSSR count). The van der Waals surface area contributed by atoms with E-state index in [1.54, 1.807) is 18.2 Å². The summed E-state index contributed by atoms with van der Waals surface area (Å²) in [5.41, 5.74) is 1.40. The van der Waals surface area contributed by atoms with Gasteiger partial charge in [-0.05, 0) is 31.0 Å². The maximum atomic E-state index is 11.8. The molecular weight excluding hydrogens is 362 g/mol. The largest absolute Gasteiger partial charge is 0.456 e. The maximum absolute atomic E-state index is 11.8. The lowest BCUT2D eigenvalue weighted by Gasteiger charge is -2.13. The number of benzene rings is 1. The zero-order valence-electron chi connectivity index (χ0n) is 14.6. The standard InChI is InChI=1S/C17H20ClN3O5/c1-11-5-6-13(12(18)8-11)19-14(22)10-26-16(24)4-3-7-21-15(23)9-20(2)17(21)25/h5-6,8H,3-4,7,9-10H2,1-2H3,(H,19,22). The van der Waals surface area contributed by atoms with Crippen LogP contribution in [0.5, 0.6) is 0 Å². The van der Waals surface area contributed by atoms with Crippen LogP contribution < -0.4 is 5.32 Å². The number of likely N-dealkylation sites (N-methyl/N-ethyl adjacent to an activating group) is 1. The molecule has 1 fully saturated rings. The van der Waals surface area contributed by atoms with E-state index in [2.05, 4.69) is 5.32 Å². The van der Waals surface area contributed by atoms with Crippen molar-refractivity contribution in [2.24, 2.45) is 0 Å². The Morgan fingerprint density at radius 3 is 2.65 bits per heavy atom. The summed E-state index contributed by atoms with van der Waals surface area (Å²) in [6, 6.07) is 4.80. The van der Waals surface area contributed by atoms with E-state index in [0.29, 0.717) is 10.7 Å². The third-order valence-electron chi connectivity index (χ3n) is 3.76. The first-order valence-electron chi connectivity index (χ1n) is 8.05. The molecule has 8 nitrogen and oxygen atoms in total. The van der Waals surface area contributed by atoms with Gasteiger partial charge in [0.25, 0.3) is 5.91 Å². The number of urea groups is 1. The maximum Gasteiger partial charge on any atom is 0.326 e. The van der Waals surface area contributed by atoms with E-state index in [0.717, 1.165) is 10.5 Å². The minimum absolute atomic E-state index is 0.000653. The Balaban J connectivity index is 1.69. The van der Waals surface area contributed by atoms with Crippen molar-refractivity contribution in [3.8, 4) is 0 Å². The molecule has 1 aromatic carbocycles. The van der Waals surface area contributed by atoms with Gasteiger partial charge < -0.3 is 15.0 Å². The van der Waals surface area contributed by atoms with Gasteiger partial charge in [0.15, 0.2) is 6.61 Å². The van der Waals surface area contributed by atoms with E-state index in [1.165, 1.54) is 11.9 Å². The number of rotatable bonds is 7. The van der Waals surface area contributed by atoms with Gasteiger partial charge in [-0.2, -0.15) is 0 Å². The van der Waals surface area contributed by atoms with Crippen LogP contribution in [0.1, 0.15) is 18.4 Å². The van der Waals surface area contributed by atoms with E-state index in [4.69, 9.17) is 16.3 Å². The summed E-state index contributed by atoms with van der Waals surface area (Å²) in [4.78, 5) is 49.2. The van der Waals surface area contributed by atoms with Gasteiger partial charge in [-0.1, -0.05) is 17.7 Å². The van der Waals surface area contributed by atoms with Crippen LogP contribution in [0, 0.1) is 6.92 Å². The van der Waals surface area contributed by atoms with Gasteiger partial charge >= 0.3 is 12.0 Å². The molecule has 1 N–H and O–H groups in total. The molecule has 0 radical (unpaired) electrons. The Bertz CT molecular complexity index is 737. The molecule has 1 heterocycles. The second-order valence-electron chi connectivity index (χ2n) is 5.98. The summed E-state index contributed by atoms with van der Waals surface area (Å²) in [7, 11) is 1.54. The number of nitrogens with zero attached hydrogens (tertiary/aromatic N) is 2. The third kappa shape index (κ3) is 5.19. The number of anilines is 1. The summed E-state index contributed by atoms with van der Waals surface area (Å²) in [6.45, 7) is 1.63. The molecular formula is C17H20ClN3O5. The summed E-state index contributed by atoms with van der Waals surface area (Å²) < 4.78 is 4.89. The van der Waals surface area contributed by atoms with E-state index >= 15 is 0 Å². The Kier molecular flexibility index (Phi) is 6.57. The number of amides is 4. The molecule has 0 aliphatic carbocycles. The molecule has 1 aliphatic heterocycles. The topological polar surface area (TPSA) is 96.0 Å². The van der Waals surface area contributed by atoms with E-state index in [1.807, 2.05) is 6.92 Å². The van der Waals surface area contributed by atoms with Gasteiger partial charge in [0.05, 0.1) is 10.7 Å². The first-order valence-corrected chi connectivity index (χ1v) is 8.43. The van der Waals surface area contributed by atoms with Gasteiger partial charge in [-0.15, -0.1) is 0 Å². The molecule has 1 aliphatic rings. The van der Waals surface area contributed by atoms with Gasteiger partial charge in [0.2, 0.25) is 5.91 Å². The molecule has 0 atom stereocenters. The van der Waals surface area contributed by atoms with Gasteiger partial charge in [-0.25, -0.2) is 4.79 Å². The fraction of sp³-hybridized carbons (Fsp3) is 0.412. The van der Waals surface area contributed by atoms with E-state index in [9.17, 15) is 19.2 Å². The Morgan fingerprint density at radius 2 is 2.04 bits per heavy atom. The highest BCUT2D eigenvalue weighted by molar-refractivity contribution is 6.33. The summed E-state index contributed by atoms with van der Waals surface area (Å²) in [5.74, 6) is -1.38. The highest BCUT2D eigenvalue weighted by atomic mass is 35.5. The molecule has 0 bridgehead atoms. The lowest BCUT2D eigenvalue weighted by molar-refractivity contribution is -0.147. The lowest BCUT2D eigenvalue weighted by atomic mass is 10.2. The molecule has 140 valence electrons. The normalized spacial score (nSPS) is 14.0. The summed E-state index contributed by atoms with van der Waals surface area (Å²) >= 11 is 6.02. The van der Waals surface area contributed by atoms with Crippen molar-refractivity contribution in [1.29, 1.82) is 0 Å². The monoisotopic (exact) mass is 381 g/mol. The molecule has 0 unspecified atom stereocenters. The number of imide groups is 1. The number of hydrogen-bond acceptors (Lipinski definition) is 5. The molecule has 26 heavy (non-hydrogen) atoms. The molecule has 9 heteroatoms. The molecule has 1 aromatic rings. The number of carbonyl (C=O) groups excluding carboxylic acids is 4. The number of nitrogens with one attached hydrogen (secondary N) is 1. The summed E-state index contributed by atoms with van der Waals surface area (Å²) in [5, 5.41) is 2.96. The van der Waals surface area contributed by atoms with Crippen LogP contribution in [0.25, 0.3) is 0 Å². The Hall–Kier alpha value is -2.61. The number of halogens is 1. The Labute approximate surface area is 156 Å². The van der Waals surface area contributed by atoms with Crippen LogP contribution in [0.15, 0.2) is 18.2 Å². The average molecular weight is 382 g/mol. The molecule has 1 saturated heterocycles. The molecule has 0 aromatic heterocycles. The second-order valence-corrected chi connectivity index (χ2v) is 6.39. The third-order valence-corrected chi connectivity index (χ3v) is 4.07. The van der Waals surface area contributed by atoms with Crippen molar-refractivity contribution in [1.82, 2.24) is 9.80 Å². The lowest BCUT2D eigenvalue weighted by Crippen LogP contribution is -2.32. The SMILES string of the molecule is Cc1ccc(NC(=O)COC(=O)CCCN2C(=O)CN(C)C2=O)c(Cl)c1. The van der Waals surface area contributed by atoms with Crippen LogP contribution >= 0.6 is 11.6 Å². The second kappa shape index (κ2) is 8.66. The quantitative estimate of drug-likeness (QED) is 0.574. The van der Waals surface area contributed by atoms with Gasteiger partial charge in [0.1, 0.15) is 6.54 Å².